The number of hydrogen-bond donors (Lipinski definition) is 1. The monoisotopic (exact) mass is 550 g/mol. The van der Waals surface area contributed by atoms with E-state index in [0.29, 0.717) is 49.1 Å². The second kappa shape index (κ2) is 12.9. The number of amides is 2. The number of nitrogens with zero attached hydrogens (tertiary/aromatic N) is 1. The number of hydrogen-bond acceptors (Lipinski definition) is 5. The van der Waals surface area contributed by atoms with Crippen molar-refractivity contribution < 1.29 is 32.6 Å². The minimum Gasteiger partial charge on any atom is -0.491 e. The van der Waals surface area contributed by atoms with E-state index in [1.54, 1.807) is 18.2 Å². The Hall–Kier alpha value is -3.98. The van der Waals surface area contributed by atoms with Gasteiger partial charge in [0.25, 0.3) is 11.8 Å². The van der Waals surface area contributed by atoms with Crippen molar-refractivity contribution >= 4 is 17.5 Å². The van der Waals surface area contributed by atoms with Crippen molar-refractivity contribution in [1.82, 2.24) is 4.90 Å². The van der Waals surface area contributed by atoms with Crippen LogP contribution in [0.1, 0.15) is 40.2 Å². The summed E-state index contributed by atoms with van der Waals surface area (Å²) in [4.78, 5) is 26.8. The number of carbonyl (C=O) groups excluding carboxylic acids is 2. The van der Waals surface area contributed by atoms with Gasteiger partial charge in [0, 0.05) is 24.6 Å². The molecule has 2 aliphatic rings. The van der Waals surface area contributed by atoms with E-state index < -0.39 is 6.67 Å². The van der Waals surface area contributed by atoms with Gasteiger partial charge in [0.1, 0.15) is 30.6 Å². The molecule has 0 aliphatic carbocycles. The van der Waals surface area contributed by atoms with Gasteiger partial charge in [-0.15, -0.1) is 0 Å². The number of anilines is 1. The summed E-state index contributed by atoms with van der Waals surface area (Å²) in [5.74, 6) is 0.809. The molecule has 3 aromatic carbocycles. The Balaban J connectivity index is 1.29. The molecular weight excluding hydrogens is 518 g/mol. The standard InChI is InChI=1S/C31H32F2N2O5/c32-12-15-38-16-17-39-26-3-1-2-23(18-26)30(21-4-7-25(33)8-5-21)22-10-13-35(14-11-22)31(37)24-6-9-28-27(19-24)34-29(36)20-40-28/h1-9,18-19,22,30H,10-17,20H2,(H,34,36). The van der Waals surface area contributed by atoms with E-state index in [9.17, 15) is 18.4 Å². The third-order valence-electron chi connectivity index (χ3n) is 7.32. The molecule has 0 bridgehead atoms. The Morgan fingerprint density at radius 1 is 1.00 bits per heavy atom. The molecule has 210 valence electrons. The summed E-state index contributed by atoms with van der Waals surface area (Å²) in [5, 5.41) is 2.75. The minimum atomic E-state index is -0.528. The number of carbonyl (C=O) groups is 2. The van der Waals surface area contributed by atoms with Crippen LogP contribution >= 0.6 is 0 Å². The molecule has 1 fully saturated rings. The molecule has 0 radical (unpaired) electrons. The Labute approximate surface area is 232 Å². The van der Waals surface area contributed by atoms with E-state index in [1.165, 1.54) is 12.1 Å². The lowest BCUT2D eigenvalue weighted by Crippen LogP contribution is -2.40. The zero-order valence-electron chi connectivity index (χ0n) is 22.1. The Morgan fingerprint density at radius 2 is 1.80 bits per heavy atom. The molecule has 40 heavy (non-hydrogen) atoms. The molecule has 1 N–H and O–H groups in total. The predicted octanol–water partition coefficient (Wildman–Crippen LogP) is 5.21. The second-order valence-corrected chi connectivity index (χ2v) is 9.93. The highest BCUT2D eigenvalue weighted by atomic mass is 19.1. The van der Waals surface area contributed by atoms with Crippen LogP contribution in [0.2, 0.25) is 0 Å². The summed E-state index contributed by atoms with van der Waals surface area (Å²) in [7, 11) is 0. The maximum absolute atomic E-state index is 13.8. The Kier molecular flexibility index (Phi) is 8.91. The fraction of sp³-hybridized carbons (Fsp3) is 0.355. The quantitative estimate of drug-likeness (QED) is 0.351. The number of likely N-dealkylation sites (tertiary alicyclic amines) is 1. The van der Waals surface area contributed by atoms with E-state index in [0.717, 1.165) is 24.0 Å². The predicted molar refractivity (Wildman–Crippen MR) is 146 cm³/mol. The van der Waals surface area contributed by atoms with Gasteiger partial charge in [-0.25, -0.2) is 8.78 Å². The van der Waals surface area contributed by atoms with Crippen molar-refractivity contribution in [2.24, 2.45) is 5.92 Å². The zero-order valence-corrected chi connectivity index (χ0v) is 22.1. The number of benzene rings is 3. The van der Waals surface area contributed by atoms with Crippen LogP contribution in [-0.2, 0) is 9.53 Å². The smallest absolute Gasteiger partial charge is 0.262 e. The summed E-state index contributed by atoms with van der Waals surface area (Å²) < 4.78 is 42.4. The SMILES string of the molecule is O=C1COc2ccc(C(=O)N3CCC(C(c4ccc(F)cc4)c4cccc(OCCOCCF)c4)CC3)cc2N1. The summed E-state index contributed by atoms with van der Waals surface area (Å²) in [6, 6.07) is 19.5. The summed E-state index contributed by atoms with van der Waals surface area (Å²) in [5.41, 5.74) is 3.05. The molecule has 1 unspecified atom stereocenters. The van der Waals surface area contributed by atoms with Gasteiger partial charge in [-0.1, -0.05) is 24.3 Å². The van der Waals surface area contributed by atoms with Crippen molar-refractivity contribution in [2.75, 3.05) is 51.5 Å². The average molecular weight is 551 g/mol. The third kappa shape index (κ3) is 6.59. The summed E-state index contributed by atoms with van der Waals surface area (Å²) in [6.45, 7) is 1.24. The van der Waals surface area contributed by atoms with Crippen LogP contribution < -0.4 is 14.8 Å². The first-order chi connectivity index (χ1) is 19.5. The minimum absolute atomic E-state index is 0.0136. The molecule has 1 atom stereocenters. The zero-order chi connectivity index (χ0) is 27.9. The highest BCUT2D eigenvalue weighted by Crippen LogP contribution is 2.39. The lowest BCUT2D eigenvalue weighted by molar-refractivity contribution is -0.118. The van der Waals surface area contributed by atoms with Crippen LogP contribution in [0.15, 0.2) is 66.7 Å². The average Bonchev–Trinajstić information content (AvgIpc) is 2.98. The van der Waals surface area contributed by atoms with Crippen molar-refractivity contribution in [3.05, 3.63) is 89.2 Å². The van der Waals surface area contributed by atoms with Gasteiger partial charge in [0.05, 0.1) is 18.9 Å². The fourth-order valence-corrected chi connectivity index (χ4v) is 5.41. The number of nitrogens with one attached hydrogen (secondary N) is 1. The molecule has 3 aromatic rings. The Bertz CT molecular complexity index is 1330. The van der Waals surface area contributed by atoms with Gasteiger partial charge in [-0.2, -0.15) is 0 Å². The topological polar surface area (TPSA) is 77.1 Å². The number of alkyl halides is 1. The molecule has 0 aromatic heterocycles. The molecule has 2 amide bonds. The maximum atomic E-state index is 13.8. The number of halogens is 2. The molecule has 2 heterocycles. The van der Waals surface area contributed by atoms with Crippen LogP contribution in [0.4, 0.5) is 14.5 Å². The largest absolute Gasteiger partial charge is 0.491 e. The van der Waals surface area contributed by atoms with E-state index in [-0.39, 0.29) is 42.7 Å². The normalized spacial score (nSPS) is 16.1. The highest BCUT2D eigenvalue weighted by Gasteiger charge is 2.31. The highest BCUT2D eigenvalue weighted by molar-refractivity contribution is 5.99. The van der Waals surface area contributed by atoms with Gasteiger partial charge >= 0.3 is 0 Å². The van der Waals surface area contributed by atoms with Crippen molar-refractivity contribution in [3.63, 3.8) is 0 Å². The van der Waals surface area contributed by atoms with E-state index in [4.69, 9.17) is 14.2 Å². The number of piperidine rings is 1. The first kappa shape index (κ1) is 27.6. The van der Waals surface area contributed by atoms with E-state index >= 15 is 0 Å². The van der Waals surface area contributed by atoms with Crippen LogP contribution in [-0.4, -0.2) is 62.9 Å². The maximum Gasteiger partial charge on any atom is 0.262 e. The van der Waals surface area contributed by atoms with E-state index in [1.807, 2.05) is 41.3 Å². The number of fused-ring (bicyclic) bond motifs is 1. The van der Waals surface area contributed by atoms with Crippen LogP contribution in [0.25, 0.3) is 0 Å². The van der Waals surface area contributed by atoms with Gasteiger partial charge in [0.15, 0.2) is 6.61 Å². The summed E-state index contributed by atoms with van der Waals surface area (Å²) in [6.07, 6.45) is 1.53. The van der Waals surface area contributed by atoms with Gasteiger partial charge < -0.3 is 24.4 Å². The van der Waals surface area contributed by atoms with Crippen LogP contribution in [0.5, 0.6) is 11.5 Å². The molecule has 5 rings (SSSR count). The fourth-order valence-electron chi connectivity index (χ4n) is 5.41. The van der Waals surface area contributed by atoms with Crippen molar-refractivity contribution in [3.8, 4) is 11.5 Å². The van der Waals surface area contributed by atoms with Gasteiger partial charge in [-0.3, -0.25) is 9.59 Å². The van der Waals surface area contributed by atoms with Crippen molar-refractivity contribution in [1.29, 1.82) is 0 Å². The Morgan fingerprint density at radius 3 is 2.58 bits per heavy atom. The number of ether oxygens (including phenoxy) is 3. The lowest BCUT2D eigenvalue weighted by atomic mass is 9.76. The molecular formula is C31H32F2N2O5. The third-order valence-corrected chi connectivity index (χ3v) is 7.32. The summed E-state index contributed by atoms with van der Waals surface area (Å²) >= 11 is 0. The van der Waals surface area contributed by atoms with Gasteiger partial charge in [-0.05, 0) is 72.4 Å². The van der Waals surface area contributed by atoms with Crippen LogP contribution in [0.3, 0.4) is 0 Å². The molecule has 0 saturated carbocycles. The molecule has 1 saturated heterocycles. The van der Waals surface area contributed by atoms with Gasteiger partial charge in [0.2, 0.25) is 0 Å². The second-order valence-electron chi connectivity index (χ2n) is 9.93. The molecule has 2 aliphatic heterocycles. The first-order valence-corrected chi connectivity index (χ1v) is 13.5. The molecule has 7 nitrogen and oxygen atoms in total. The lowest BCUT2D eigenvalue weighted by Gasteiger charge is -2.37. The first-order valence-electron chi connectivity index (χ1n) is 13.5. The molecule has 0 spiro atoms. The van der Waals surface area contributed by atoms with E-state index in [2.05, 4.69) is 5.32 Å². The number of rotatable bonds is 10. The van der Waals surface area contributed by atoms with Crippen molar-refractivity contribution in [2.45, 2.75) is 18.8 Å². The molecule has 9 heteroatoms. The van der Waals surface area contributed by atoms with Crippen LogP contribution in [0, 0.1) is 11.7 Å².